The lowest BCUT2D eigenvalue weighted by Crippen LogP contribution is -2.51. The summed E-state index contributed by atoms with van der Waals surface area (Å²) in [4.78, 5) is 30.2. The minimum absolute atomic E-state index is 0.0650. The van der Waals surface area contributed by atoms with Gasteiger partial charge in [-0.2, -0.15) is 0 Å². The predicted octanol–water partition coefficient (Wildman–Crippen LogP) is 4.25. The first-order chi connectivity index (χ1) is 16.0. The molecule has 2 aromatic carbocycles. The van der Waals surface area contributed by atoms with Crippen LogP contribution in [0.1, 0.15) is 53.8 Å². The van der Waals surface area contributed by atoms with Crippen molar-refractivity contribution >= 4 is 28.7 Å². The fourth-order valence-corrected chi connectivity index (χ4v) is 4.94. The topological polar surface area (TPSA) is 94.7 Å². The molecule has 170 valence electrons. The monoisotopic (exact) mass is 445 g/mol. The smallest absolute Gasteiger partial charge is 0.267 e. The molecule has 3 N–H and O–H groups in total. The maximum absolute atomic E-state index is 13.0. The van der Waals surface area contributed by atoms with Gasteiger partial charge in [0.25, 0.3) is 5.91 Å². The highest BCUT2D eigenvalue weighted by Gasteiger charge is 2.43. The number of piperidine rings is 1. The van der Waals surface area contributed by atoms with E-state index in [9.17, 15) is 9.59 Å². The molecule has 1 saturated heterocycles. The fraction of sp³-hybridized carbons (Fsp3) is 0.308. The SMILES string of the molecule is CC(c1cc2ccccc2[nH]1)N1CCC2(CC1)CC(=O)c1cc(/C=C/C(=O)NO)ccc1O2. The number of nitrogens with zero attached hydrogens (tertiary/aromatic N) is 1. The van der Waals surface area contributed by atoms with Crippen molar-refractivity contribution in [2.75, 3.05) is 13.1 Å². The molecule has 7 nitrogen and oxygen atoms in total. The van der Waals surface area contributed by atoms with E-state index < -0.39 is 11.5 Å². The number of amides is 1. The summed E-state index contributed by atoms with van der Waals surface area (Å²) in [6, 6.07) is 16.1. The summed E-state index contributed by atoms with van der Waals surface area (Å²) in [5.74, 6) is 0.0463. The number of hydrogen-bond acceptors (Lipinski definition) is 5. The normalized spacial score (nSPS) is 18.9. The van der Waals surface area contributed by atoms with Gasteiger partial charge < -0.3 is 9.72 Å². The molecule has 1 atom stereocenters. The Bertz CT molecular complexity index is 1200. The fourth-order valence-electron chi connectivity index (χ4n) is 4.94. The van der Waals surface area contributed by atoms with Crippen LogP contribution in [-0.2, 0) is 4.79 Å². The molecule has 5 rings (SSSR count). The summed E-state index contributed by atoms with van der Waals surface area (Å²) >= 11 is 0. The zero-order valence-corrected chi connectivity index (χ0v) is 18.5. The Morgan fingerprint density at radius 1 is 1.21 bits per heavy atom. The van der Waals surface area contributed by atoms with Gasteiger partial charge in [0, 0.05) is 49.3 Å². The Balaban J connectivity index is 1.28. The highest BCUT2D eigenvalue weighted by molar-refractivity contribution is 6.01. The number of ether oxygens (including phenoxy) is 1. The van der Waals surface area contributed by atoms with Crippen LogP contribution < -0.4 is 10.2 Å². The van der Waals surface area contributed by atoms with Gasteiger partial charge in [0.15, 0.2) is 5.78 Å². The van der Waals surface area contributed by atoms with E-state index in [4.69, 9.17) is 9.94 Å². The number of aromatic amines is 1. The second-order valence-electron chi connectivity index (χ2n) is 8.97. The number of hydrogen-bond donors (Lipinski definition) is 3. The minimum Gasteiger partial charge on any atom is -0.486 e. The molecule has 1 aromatic heterocycles. The number of fused-ring (bicyclic) bond motifs is 2. The van der Waals surface area contributed by atoms with Crippen molar-refractivity contribution in [1.82, 2.24) is 15.4 Å². The Hall–Kier alpha value is -3.42. The third-order valence-corrected chi connectivity index (χ3v) is 6.91. The quantitative estimate of drug-likeness (QED) is 0.317. The number of nitrogens with one attached hydrogen (secondary N) is 2. The van der Waals surface area contributed by atoms with E-state index in [1.807, 2.05) is 6.07 Å². The van der Waals surface area contributed by atoms with Gasteiger partial charge in [0.05, 0.1) is 12.0 Å². The minimum atomic E-state index is -0.623. The molecule has 0 bridgehead atoms. The first kappa shape index (κ1) is 21.4. The Morgan fingerprint density at radius 2 is 2.00 bits per heavy atom. The van der Waals surface area contributed by atoms with Crippen LogP contribution in [0.5, 0.6) is 5.75 Å². The summed E-state index contributed by atoms with van der Waals surface area (Å²) < 4.78 is 6.42. The lowest BCUT2D eigenvalue weighted by Gasteiger charge is -2.45. The van der Waals surface area contributed by atoms with Gasteiger partial charge in [-0.05, 0) is 48.2 Å². The average molecular weight is 446 g/mol. The van der Waals surface area contributed by atoms with Crippen molar-refractivity contribution in [3.63, 3.8) is 0 Å². The van der Waals surface area contributed by atoms with Gasteiger partial charge in [0.2, 0.25) is 0 Å². The molecule has 1 fully saturated rings. The second-order valence-corrected chi connectivity index (χ2v) is 8.97. The summed E-state index contributed by atoms with van der Waals surface area (Å²) in [6.07, 6.45) is 4.70. The number of hydroxylamine groups is 1. The molecule has 1 unspecified atom stereocenters. The van der Waals surface area contributed by atoms with Crippen molar-refractivity contribution in [1.29, 1.82) is 0 Å². The third kappa shape index (κ3) is 4.17. The lowest BCUT2D eigenvalue weighted by molar-refractivity contribution is -0.124. The average Bonchev–Trinajstić information content (AvgIpc) is 3.27. The van der Waals surface area contributed by atoms with Crippen molar-refractivity contribution < 1.29 is 19.5 Å². The van der Waals surface area contributed by atoms with Crippen LogP contribution in [0.25, 0.3) is 17.0 Å². The summed E-state index contributed by atoms with van der Waals surface area (Å²) in [6.45, 7) is 3.93. The maximum atomic E-state index is 13.0. The lowest BCUT2D eigenvalue weighted by atomic mass is 9.81. The summed E-state index contributed by atoms with van der Waals surface area (Å²) in [7, 11) is 0. The van der Waals surface area contributed by atoms with Crippen LogP contribution in [0.3, 0.4) is 0 Å². The first-order valence-electron chi connectivity index (χ1n) is 11.3. The number of H-pyrrole nitrogens is 1. The number of benzene rings is 2. The molecule has 1 spiro atoms. The van der Waals surface area contributed by atoms with Crippen molar-refractivity contribution in [3.05, 3.63) is 71.4 Å². The number of likely N-dealkylation sites (tertiary alicyclic amines) is 1. The number of ketones is 1. The summed E-state index contributed by atoms with van der Waals surface area (Å²) in [5, 5.41) is 9.83. The molecule has 2 aliphatic rings. The van der Waals surface area contributed by atoms with E-state index in [-0.39, 0.29) is 11.8 Å². The van der Waals surface area contributed by atoms with Gasteiger partial charge in [-0.1, -0.05) is 24.3 Å². The zero-order chi connectivity index (χ0) is 23.0. The molecule has 0 saturated carbocycles. The van der Waals surface area contributed by atoms with Gasteiger partial charge in [-0.15, -0.1) is 0 Å². The molecular weight excluding hydrogens is 418 g/mol. The molecule has 3 heterocycles. The largest absolute Gasteiger partial charge is 0.486 e. The van der Waals surface area contributed by atoms with Crippen molar-refractivity contribution in [3.8, 4) is 5.75 Å². The zero-order valence-electron chi connectivity index (χ0n) is 18.5. The molecule has 0 radical (unpaired) electrons. The van der Waals surface area contributed by atoms with Gasteiger partial charge in [0.1, 0.15) is 11.4 Å². The number of aromatic nitrogens is 1. The van der Waals surface area contributed by atoms with E-state index in [1.54, 1.807) is 29.8 Å². The molecular formula is C26H27N3O4. The standard InChI is InChI=1S/C26H27N3O4/c1-17(22-15-19-4-2-3-5-21(19)27-22)29-12-10-26(11-13-29)16-23(30)20-14-18(6-8-24(20)33-26)7-9-25(31)28-32/h2-9,14-15,17,27,32H,10-13,16H2,1H3,(H,28,31)/b9-7+. The Kier molecular flexibility index (Phi) is 5.52. The van der Waals surface area contributed by atoms with E-state index in [0.29, 0.717) is 23.3 Å². The highest BCUT2D eigenvalue weighted by Crippen LogP contribution is 2.41. The number of rotatable bonds is 4. The number of para-hydroxylation sites is 1. The van der Waals surface area contributed by atoms with Crippen LogP contribution in [-0.4, -0.2) is 45.5 Å². The highest BCUT2D eigenvalue weighted by atomic mass is 16.5. The van der Waals surface area contributed by atoms with Crippen molar-refractivity contribution in [2.45, 2.75) is 37.8 Å². The van der Waals surface area contributed by atoms with Gasteiger partial charge in [-0.25, -0.2) is 5.48 Å². The van der Waals surface area contributed by atoms with Gasteiger partial charge >= 0.3 is 0 Å². The van der Waals surface area contributed by atoms with Crippen LogP contribution in [0, 0.1) is 0 Å². The second kappa shape index (κ2) is 8.50. The molecule has 3 aromatic rings. The van der Waals surface area contributed by atoms with Crippen molar-refractivity contribution in [2.24, 2.45) is 0 Å². The predicted molar refractivity (Wildman–Crippen MR) is 125 cm³/mol. The third-order valence-electron chi connectivity index (χ3n) is 6.91. The Morgan fingerprint density at radius 3 is 2.76 bits per heavy atom. The molecule has 33 heavy (non-hydrogen) atoms. The number of carbonyl (C=O) groups is 2. The van der Waals surface area contributed by atoms with Crippen LogP contribution in [0.15, 0.2) is 54.6 Å². The van der Waals surface area contributed by atoms with E-state index in [1.165, 1.54) is 17.2 Å². The Labute approximate surface area is 192 Å². The van der Waals surface area contributed by atoms with E-state index in [0.717, 1.165) is 31.4 Å². The maximum Gasteiger partial charge on any atom is 0.267 e. The molecule has 1 amide bonds. The molecule has 0 aliphatic carbocycles. The number of carbonyl (C=O) groups excluding carboxylic acids is 2. The molecule has 7 heteroatoms. The van der Waals surface area contributed by atoms with Crippen LogP contribution >= 0.6 is 0 Å². The van der Waals surface area contributed by atoms with Crippen LogP contribution in [0.2, 0.25) is 0 Å². The molecule has 2 aliphatic heterocycles. The van der Waals surface area contributed by atoms with E-state index in [2.05, 4.69) is 41.1 Å². The van der Waals surface area contributed by atoms with Crippen LogP contribution in [0.4, 0.5) is 0 Å². The van der Waals surface area contributed by atoms with Gasteiger partial charge in [-0.3, -0.25) is 19.7 Å². The number of Topliss-reactive ketones (excluding diaryl/α,β-unsaturated/α-hetero) is 1. The summed E-state index contributed by atoms with van der Waals surface area (Å²) in [5.41, 5.74) is 4.68. The first-order valence-corrected chi connectivity index (χ1v) is 11.3. The van der Waals surface area contributed by atoms with E-state index >= 15 is 0 Å².